The number of benzene rings is 1. The van der Waals surface area contributed by atoms with Crippen molar-refractivity contribution < 1.29 is 4.39 Å². The summed E-state index contributed by atoms with van der Waals surface area (Å²) in [5.41, 5.74) is 2.07. The summed E-state index contributed by atoms with van der Waals surface area (Å²) >= 11 is 0. The third-order valence-corrected chi connectivity index (χ3v) is 3.18. The Morgan fingerprint density at radius 1 is 1.35 bits per heavy atom. The molecule has 0 spiro atoms. The Labute approximate surface area is 118 Å². The van der Waals surface area contributed by atoms with E-state index in [0.717, 1.165) is 25.2 Å². The molecule has 4 heteroatoms. The van der Waals surface area contributed by atoms with Crippen LogP contribution in [-0.2, 0) is 13.1 Å². The van der Waals surface area contributed by atoms with E-state index in [1.54, 1.807) is 12.1 Å². The second-order valence-corrected chi connectivity index (χ2v) is 4.72. The first-order chi connectivity index (χ1) is 9.74. The fourth-order valence-electron chi connectivity index (χ4n) is 2.09. The monoisotopic (exact) mass is 271 g/mol. The second-order valence-electron chi connectivity index (χ2n) is 4.72. The Kier molecular flexibility index (Phi) is 4.91. The van der Waals surface area contributed by atoms with Crippen LogP contribution >= 0.6 is 0 Å². The molecular weight excluding hydrogens is 253 g/mol. The number of rotatable bonds is 6. The van der Waals surface area contributed by atoms with Crippen LogP contribution in [0.3, 0.4) is 0 Å². The molecule has 0 bridgehead atoms. The van der Waals surface area contributed by atoms with Crippen LogP contribution in [0.25, 0.3) is 0 Å². The first-order valence-electron chi connectivity index (χ1n) is 6.78. The lowest BCUT2D eigenvalue weighted by atomic mass is 10.1. The first kappa shape index (κ1) is 14.3. The summed E-state index contributed by atoms with van der Waals surface area (Å²) in [6.07, 6.45) is 3.03. The van der Waals surface area contributed by atoms with Crippen LogP contribution in [0, 0.1) is 17.1 Å². The molecular formula is C16H18FN3. The number of nitrogens with one attached hydrogen (secondary N) is 1. The maximum atomic E-state index is 13.9. The lowest BCUT2D eigenvalue weighted by Crippen LogP contribution is -2.17. The van der Waals surface area contributed by atoms with Crippen molar-refractivity contribution in [2.45, 2.75) is 26.4 Å². The van der Waals surface area contributed by atoms with Gasteiger partial charge in [0.25, 0.3) is 0 Å². The number of nitriles is 1. The summed E-state index contributed by atoms with van der Waals surface area (Å²) < 4.78 is 15.9. The zero-order chi connectivity index (χ0) is 14.4. The van der Waals surface area contributed by atoms with Crippen LogP contribution in [0.4, 0.5) is 4.39 Å². The van der Waals surface area contributed by atoms with Gasteiger partial charge >= 0.3 is 0 Å². The molecule has 0 atom stereocenters. The maximum Gasteiger partial charge on any atom is 0.129 e. The summed E-state index contributed by atoms with van der Waals surface area (Å²) in [6.45, 7) is 4.35. The summed E-state index contributed by atoms with van der Waals surface area (Å²) in [4.78, 5) is 0. The molecule has 0 radical (unpaired) electrons. The molecule has 1 N–H and O–H groups in total. The molecule has 0 aliphatic carbocycles. The smallest absolute Gasteiger partial charge is 0.129 e. The van der Waals surface area contributed by atoms with Crippen molar-refractivity contribution in [1.82, 2.24) is 9.88 Å². The molecule has 0 fully saturated rings. The first-order valence-corrected chi connectivity index (χ1v) is 6.78. The van der Waals surface area contributed by atoms with Crippen molar-refractivity contribution in [1.29, 1.82) is 5.26 Å². The van der Waals surface area contributed by atoms with Gasteiger partial charge in [0.2, 0.25) is 0 Å². The minimum atomic E-state index is -0.329. The molecule has 1 aromatic carbocycles. The summed E-state index contributed by atoms with van der Waals surface area (Å²) in [6, 6.07) is 10.6. The van der Waals surface area contributed by atoms with Gasteiger partial charge in [-0.05, 0) is 37.2 Å². The van der Waals surface area contributed by atoms with Gasteiger partial charge in [0.15, 0.2) is 0 Å². The van der Waals surface area contributed by atoms with Crippen LogP contribution in [0.5, 0.6) is 0 Å². The second kappa shape index (κ2) is 6.88. The van der Waals surface area contributed by atoms with Gasteiger partial charge in [0.1, 0.15) is 5.82 Å². The highest BCUT2D eigenvalue weighted by molar-refractivity contribution is 5.33. The van der Waals surface area contributed by atoms with Gasteiger partial charge in [-0.3, -0.25) is 0 Å². The minimum absolute atomic E-state index is 0.329. The predicted molar refractivity (Wildman–Crippen MR) is 76.6 cm³/mol. The SMILES string of the molecule is CCCNCc1cccn1Cc1ccc(C#N)cc1F. The Morgan fingerprint density at radius 3 is 2.90 bits per heavy atom. The molecule has 0 saturated carbocycles. The van der Waals surface area contributed by atoms with Crippen LogP contribution in [-0.4, -0.2) is 11.1 Å². The maximum absolute atomic E-state index is 13.9. The van der Waals surface area contributed by atoms with Gasteiger partial charge in [-0.1, -0.05) is 13.0 Å². The Balaban J connectivity index is 2.10. The Hall–Kier alpha value is -2.12. The van der Waals surface area contributed by atoms with E-state index in [1.165, 1.54) is 6.07 Å². The number of aromatic nitrogens is 1. The van der Waals surface area contributed by atoms with Crippen LogP contribution in [0.15, 0.2) is 36.5 Å². The predicted octanol–water partition coefficient (Wildman–Crippen LogP) is 3.05. The third kappa shape index (κ3) is 3.46. The molecule has 104 valence electrons. The van der Waals surface area contributed by atoms with E-state index in [2.05, 4.69) is 12.2 Å². The van der Waals surface area contributed by atoms with Gasteiger partial charge in [-0.15, -0.1) is 0 Å². The van der Waals surface area contributed by atoms with E-state index in [4.69, 9.17) is 5.26 Å². The van der Waals surface area contributed by atoms with Gasteiger partial charge in [0.05, 0.1) is 18.2 Å². The van der Waals surface area contributed by atoms with Crippen molar-refractivity contribution >= 4 is 0 Å². The lowest BCUT2D eigenvalue weighted by molar-refractivity contribution is 0.586. The van der Waals surface area contributed by atoms with E-state index in [9.17, 15) is 4.39 Å². The van der Waals surface area contributed by atoms with Gasteiger partial charge < -0.3 is 9.88 Å². The highest BCUT2D eigenvalue weighted by atomic mass is 19.1. The van der Waals surface area contributed by atoms with Gasteiger partial charge in [0, 0.05) is 24.0 Å². The average molecular weight is 271 g/mol. The van der Waals surface area contributed by atoms with Crippen LogP contribution in [0.2, 0.25) is 0 Å². The number of halogens is 1. The van der Waals surface area contributed by atoms with Crippen molar-refractivity contribution in [3.05, 3.63) is 59.2 Å². The molecule has 2 aromatic rings. The number of hydrogen-bond donors (Lipinski definition) is 1. The number of hydrogen-bond acceptors (Lipinski definition) is 2. The average Bonchev–Trinajstić information content (AvgIpc) is 2.89. The number of nitrogens with zero attached hydrogens (tertiary/aromatic N) is 2. The fraction of sp³-hybridized carbons (Fsp3) is 0.312. The standard InChI is InChI=1S/C16H18FN3/c1-2-7-19-11-15-4-3-8-20(15)12-14-6-5-13(10-18)9-16(14)17/h3-6,8-9,19H,2,7,11-12H2,1H3. The van der Waals surface area contributed by atoms with E-state index in [1.807, 2.05) is 29.0 Å². The molecule has 0 unspecified atom stereocenters. The van der Waals surface area contributed by atoms with Crippen LogP contribution < -0.4 is 5.32 Å². The Bertz CT molecular complexity index is 610. The molecule has 0 saturated heterocycles. The molecule has 3 nitrogen and oxygen atoms in total. The van der Waals surface area contributed by atoms with E-state index >= 15 is 0 Å². The third-order valence-electron chi connectivity index (χ3n) is 3.18. The molecule has 0 aliphatic rings. The van der Waals surface area contributed by atoms with Crippen LogP contribution in [0.1, 0.15) is 30.2 Å². The minimum Gasteiger partial charge on any atom is -0.346 e. The van der Waals surface area contributed by atoms with E-state index in [-0.39, 0.29) is 5.82 Å². The van der Waals surface area contributed by atoms with Gasteiger partial charge in [-0.2, -0.15) is 5.26 Å². The molecule has 0 amide bonds. The molecule has 0 aliphatic heterocycles. The summed E-state index contributed by atoms with van der Waals surface area (Å²) in [5, 5.41) is 12.1. The quantitative estimate of drug-likeness (QED) is 0.820. The molecule has 1 aromatic heterocycles. The normalized spacial score (nSPS) is 10.4. The van der Waals surface area contributed by atoms with Gasteiger partial charge in [-0.25, -0.2) is 4.39 Å². The highest BCUT2D eigenvalue weighted by Crippen LogP contribution is 2.13. The summed E-state index contributed by atoms with van der Waals surface area (Å²) in [7, 11) is 0. The topological polar surface area (TPSA) is 40.8 Å². The lowest BCUT2D eigenvalue weighted by Gasteiger charge is -2.11. The summed E-state index contributed by atoms with van der Waals surface area (Å²) in [5.74, 6) is -0.329. The van der Waals surface area contributed by atoms with E-state index in [0.29, 0.717) is 17.7 Å². The Morgan fingerprint density at radius 2 is 2.20 bits per heavy atom. The largest absolute Gasteiger partial charge is 0.346 e. The fourth-order valence-corrected chi connectivity index (χ4v) is 2.09. The zero-order valence-corrected chi connectivity index (χ0v) is 11.6. The molecule has 2 rings (SSSR count). The zero-order valence-electron chi connectivity index (χ0n) is 11.6. The molecule has 20 heavy (non-hydrogen) atoms. The van der Waals surface area contributed by atoms with E-state index < -0.39 is 0 Å². The molecule has 1 heterocycles. The van der Waals surface area contributed by atoms with Crippen molar-refractivity contribution in [3.63, 3.8) is 0 Å². The van der Waals surface area contributed by atoms with Crippen molar-refractivity contribution in [3.8, 4) is 6.07 Å². The van der Waals surface area contributed by atoms with Crippen molar-refractivity contribution in [2.24, 2.45) is 0 Å². The van der Waals surface area contributed by atoms with Crippen molar-refractivity contribution in [2.75, 3.05) is 6.54 Å². The highest BCUT2D eigenvalue weighted by Gasteiger charge is 2.06.